The number of aromatic nitrogens is 2. The second-order valence-corrected chi connectivity index (χ2v) is 21.4. The van der Waals surface area contributed by atoms with Crippen molar-refractivity contribution in [1.82, 2.24) is 9.97 Å². The third-order valence-electron chi connectivity index (χ3n) is 12.0. The highest BCUT2D eigenvalue weighted by atomic mass is 14.8. The summed E-state index contributed by atoms with van der Waals surface area (Å²) in [5, 5.41) is 10.5. The lowest BCUT2D eigenvalue weighted by Gasteiger charge is -2.23. The van der Waals surface area contributed by atoms with Crippen LogP contribution in [0.4, 0.5) is 0 Å². The number of benzene rings is 6. The molecule has 0 radical (unpaired) electrons. The lowest BCUT2D eigenvalue weighted by molar-refractivity contribution is 0.590. The Labute approximate surface area is 322 Å². The maximum atomic E-state index is 4.14. The monoisotopic (exact) mass is 712 g/mol. The molecule has 0 spiro atoms. The van der Waals surface area contributed by atoms with Crippen LogP contribution in [0.1, 0.15) is 132 Å². The van der Waals surface area contributed by atoms with Gasteiger partial charge in [-0.05, 0) is 112 Å². The Bertz CT molecular complexity index is 2630. The third-order valence-corrected chi connectivity index (χ3v) is 12.0. The van der Waals surface area contributed by atoms with Crippen molar-refractivity contribution in [3.8, 4) is 11.1 Å². The van der Waals surface area contributed by atoms with Crippen molar-refractivity contribution in [3.63, 3.8) is 0 Å². The molecular weight excluding hydrogens is 653 g/mol. The van der Waals surface area contributed by atoms with Gasteiger partial charge in [0, 0.05) is 27.1 Å². The summed E-state index contributed by atoms with van der Waals surface area (Å²) >= 11 is 0. The summed E-state index contributed by atoms with van der Waals surface area (Å²) in [5.74, 6) is 0. The van der Waals surface area contributed by atoms with Gasteiger partial charge in [-0.2, -0.15) is 0 Å². The van der Waals surface area contributed by atoms with Gasteiger partial charge < -0.3 is 9.97 Å². The van der Waals surface area contributed by atoms with Crippen LogP contribution in [0.15, 0.2) is 78.9 Å². The molecule has 2 nitrogen and oxygen atoms in total. The summed E-state index contributed by atoms with van der Waals surface area (Å²) in [6.07, 6.45) is 0. The first-order chi connectivity index (χ1) is 24.9. The van der Waals surface area contributed by atoms with Crippen LogP contribution < -0.4 is 0 Å². The van der Waals surface area contributed by atoms with E-state index in [2.05, 4.69) is 193 Å². The Morgan fingerprint density at radius 1 is 0.333 bits per heavy atom. The molecule has 0 atom stereocenters. The fourth-order valence-corrected chi connectivity index (χ4v) is 8.74. The van der Waals surface area contributed by atoms with Crippen molar-refractivity contribution in [2.24, 2.45) is 0 Å². The summed E-state index contributed by atoms with van der Waals surface area (Å²) < 4.78 is 0. The molecule has 2 heterocycles. The second-order valence-electron chi connectivity index (χ2n) is 21.4. The van der Waals surface area contributed by atoms with Crippen LogP contribution in [-0.2, 0) is 27.1 Å². The van der Waals surface area contributed by atoms with E-state index in [4.69, 9.17) is 0 Å². The molecule has 2 heteroatoms. The highest BCUT2D eigenvalue weighted by Crippen LogP contribution is 2.49. The van der Waals surface area contributed by atoms with Crippen LogP contribution >= 0.6 is 0 Å². The number of hydrogen-bond donors (Lipinski definition) is 2. The van der Waals surface area contributed by atoms with Crippen molar-refractivity contribution in [2.45, 2.75) is 131 Å². The largest absolute Gasteiger partial charge is 0.354 e. The zero-order chi connectivity index (χ0) is 39.1. The molecule has 0 bridgehead atoms. The zero-order valence-corrected chi connectivity index (χ0v) is 35.5. The number of H-pyrrole nitrogens is 2. The molecule has 2 N–H and O–H groups in total. The molecule has 0 amide bonds. The van der Waals surface area contributed by atoms with Gasteiger partial charge in [0.05, 0.1) is 22.1 Å². The predicted molar refractivity (Wildman–Crippen MR) is 239 cm³/mol. The van der Waals surface area contributed by atoms with Gasteiger partial charge in [0.25, 0.3) is 0 Å². The van der Waals surface area contributed by atoms with Crippen molar-refractivity contribution < 1.29 is 0 Å². The van der Waals surface area contributed by atoms with E-state index >= 15 is 0 Å². The minimum absolute atomic E-state index is 0.0342. The first kappa shape index (κ1) is 36.4. The molecule has 54 heavy (non-hydrogen) atoms. The smallest absolute Gasteiger partial charge is 0.0566 e. The minimum Gasteiger partial charge on any atom is -0.354 e. The van der Waals surface area contributed by atoms with Crippen LogP contribution in [0.2, 0.25) is 0 Å². The van der Waals surface area contributed by atoms with Gasteiger partial charge in [0.1, 0.15) is 0 Å². The SMILES string of the molecule is CC(C)(C)c1ccc(-c2c3[nH]c4c(C(C)(C)C)cc5ccc(C(C)(C)C)cc5c4c3cc3c2[nH]c2c(C(C)(C)C)cc4ccc(C(C)(C)C)cc4c23)cc1. The Morgan fingerprint density at radius 3 is 1.06 bits per heavy atom. The van der Waals surface area contributed by atoms with E-state index < -0.39 is 0 Å². The molecule has 8 aromatic rings. The van der Waals surface area contributed by atoms with Gasteiger partial charge in [0.2, 0.25) is 0 Å². The van der Waals surface area contributed by atoms with Gasteiger partial charge in [-0.15, -0.1) is 0 Å². The fraction of sp³-hybridized carbons (Fsp3) is 0.385. The summed E-state index contributed by atoms with van der Waals surface area (Å²) in [5.41, 5.74) is 14.1. The highest BCUT2D eigenvalue weighted by Gasteiger charge is 2.28. The van der Waals surface area contributed by atoms with E-state index in [1.807, 2.05) is 0 Å². The average Bonchev–Trinajstić information content (AvgIpc) is 3.63. The van der Waals surface area contributed by atoms with E-state index in [-0.39, 0.29) is 27.1 Å². The van der Waals surface area contributed by atoms with E-state index in [0.717, 1.165) is 0 Å². The predicted octanol–water partition coefficient (Wildman–Crippen LogP) is 15.4. The van der Waals surface area contributed by atoms with E-state index in [9.17, 15) is 0 Å². The number of fused-ring (bicyclic) bond motifs is 10. The van der Waals surface area contributed by atoms with Crippen molar-refractivity contribution in [2.75, 3.05) is 0 Å². The first-order valence-electron chi connectivity index (χ1n) is 20.0. The Kier molecular flexibility index (Phi) is 7.74. The standard InChI is InChI=1S/C52H60N2/c1-48(2,3)32-20-16-29(17-21-32)41-44-37(42-35-26-33(49(4,5)6)22-18-30(35)24-39(46(42)53-44)51(10,11)12)28-38-43-36-27-34(50(7,8)9)23-19-31(36)25-40(52(13,14)15)47(43)54-45(38)41/h16-28,53-54H,1-15H3. The van der Waals surface area contributed by atoms with Crippen molar-refractivity contribution in [3.05, 3.63) is 107 Å². The Hall–Kier alpha value is -4.56. The van der Waals surface area contributed by atoms with Crippen LogP contribution in [0.25, 0.3) is 76.3 Å². The zero-order valence-electron chi connectivity index (χ0n) is 35.5. The molecule has 2 aromatic heterocycles. The highest BCUT2D eigenvalue weighted by molar-refractivity contribution is 6.32. The number of hydrogen-bond acceptors (Lipinski definition) is 0. The van der Waals surface area contributed by atoms with Crippen LogP contribution in [-0.4, -0.2) is 9.97 Å². The van der Waals surface area contributed by atoms with Gasteiger partial charge in [-0.25, -0.2) is 0 Å². The quantitative estimate of drug-likeness (QED) is 0.170. The number of aromatic amines is 2. The summed E-state index contributed by atoms with van der Waals surface area (Å²) in [4.78, 5) is 8.29. The Balaban J connectivity index is 1.66. The van der Waals surface area contributed by atoms with Gasteiger partial charge in [-0.1, -0.05) is 152 Å². The Morgan fingerprint density at radius 2 is 0.704 bits per heavy atom. The van der Waals surface area contributed by atoms with Crippen LogP contribution in [0.3, 0.4) is 0 Å². The molecule has 0 fully saturated rings. The van der Waals surface area contributed by atoms with Gasteiger partial charge >= 0.3 is 0 Å². The van der Waals surface area contributed by atoms with Crippen molar-refractivity contribution in [1.29, 1.82) is 0 Å². The molecule has 278 valence electrons. The van der Waals surface area contributed by atoms with Crippen LogP contribution in [0, 0.1) is 0 Å². The molecular formula is C52H60N2. The molecule has 0 saturated carbocycles. The summed E-state index contributed by atoms with van der Waals surface area (Å²) in [7, 11) is 0. The summed E-state index contributed by atoms with van der Waals surface area (Å²) in [6, 6.07) is 31.1. The van der Waals surface area contributed by atoms with E-state index in [1.54, 1.807) is 0 Å². The minimum atomic E-state index is -0.0563. The maximum absolute atomic E-state index is 4.14. The van der Waals surface area contributed by atoms with Crippen molar-refractivity contribution >= 4 is 65.2 Å². The van der Waals surface area contributed by atoms with Gasteiger partial charge in [0.15, 0.2) is 0 Å². The first-order valence-corrected chi connectivity index (χ1v) is 20.0. The second kappa shape index (κ2) is 11.5. The summed E-state index contributed by atoms with van der Waals surface area (Å²) in [6.45, 7) is 34.9. The third kappa shape index (κ3) is 5.75. The molecule has 0 saturated heterocycles. The van der Waals surface area contributed by atoms with E-state index in [0.29, 0.717) is 0 Å². The average molecular weight is 713 g/mol. The topological polar surface area (TPSA) is 31.6 Å². The lowest BCUT2D eigenvalue weighted by atomic mass is 9.81. The maximum Gasteiger partial charge on any atom is 0.0566 e. The molecule has 8 rings (SSSR count). The number of rotatable bonds is 1. The molecule has 0 aliphatic heterocycles. The van der Waals surface area contributed by atoms with Gasteiger partial charge in [-0.3, -0.25) is 0 Å². The normalized spacial score (nSPS) is 13.8. The molecule has 0 aliphatic rings. The molecule has 6 aromatic carbocycles. The lowest BCUT2D eigenvalue weighted by Crippen LogP contribution is -2.13. The van der Waals surface area contributed by atoms with Crippen LogP contribution in [0.5, 0.6) is 0 Å². The number of nitrogens with one attached hydrogen (secondary N) is 2. The van der Waals surface area contributed by atoms with E-state index in [1.165, 1.54) is 104 Å². The molecule has 0 unspecified atom stereocenters. The molecule has 0 aliphatic carbocycles. The fourth-order valence-electron chi connectivity index (χ4n) is 8.74.